The summed E-state index contributed by atoms with van der Waals surface area (Å²) >= 11 is 0. The number of aromatic nitrogens is 8. The average Bonchev–Trinajstić information content (AvgIpc) is 1.61. The first-order valence-electron chi connectivity index (χ1n) is 52.8. The van der Waals surface area contributed by atoms with Crippen LogP contribution in [0.1, 0.15) is 178 Å². The maximum Gasteiger partial charge on any atom is 0.176 e. The van der Waals surface area contributed by atoms with E-state index in [0.29, 0.717) is 17.8 Å². The maximum atomic E-state index is 14.1. The molecule has 0 spiro atoms. The normalized spacial score (nSPS) is 14.4. The smallest absolute Gasteiger partial charge is 0.176 e. The molecule has 6 aliphatic carbocycles. The monoisotopic (exact) mass is 1920 g/mol. The van der Waals surface area contributed by atoms with Crippen LogP contribution in [-0.4, -0.2) is 45.7 Å². The molecule has 5 unspecified atom stereocenters. The number of hydrogen-bond donors (Lipinski definition) is 8. The number of ketones is 1. The highest BCUT2D eigenvalue weighted by molar-refractivity contribution is 6.17. The summed E-state index contributed by atoms with van der Waals surface area (Å²) in [6.07, 6.45) is 39.6. The van der Waals surface area contributed by atoms with Gasteiger partial charge in [0, 0.05) is 166 Å². The molecule has 8 heterocycles. The summed E-state index contributed by atoms with van der Waals surface area (Å²) in [7, 11) is 0. The number of rotatable bonds is 18. The number of nitrogens with one attached hydrogen (secondary N) is 8. The van der Waals surface area contributed by atoms with Crippen molar-refractivity contribution in [2.75, 3.05) is 0 Å². The summed E-state index contributed by atoms with van der Waals surface area (Å²) < 4.78 is 0. The van der Waals surface area contributed by atoms with Gasteiger partial charge in [0.2, 0.25) is 0 Å². The zero-order valence-electron chi connectivity index (χ0n) is 84.0. The lowest BCUT2D eigenvalue weighted by Crippen LogP contribution is -2.14. The number of hydrogen-bond acceptors (Lipinski definition) is 1. The summed E-state index contributed by atoms with van der Waals surface area (Å²) in [5, 5.41) is 12.6. The van der Waals surface area contributed by atoms with Crippen molar-refractivity contribution in [1.82, 2.24) is 39.9 Å². The molecule has 0 fully saturated rings. The number of carbonyl (C=O) groups excluding carboxylic acids is 1. The number of Topliss-reactive ketones (excluding diaryl/α,β-unsaturated/α-hetero) is 1. The van der Waals surface area contributed by atoms with Gasteiger partial charge in [-0.05, 0) is 255 Å². The highest BCUT2D eigenvalue weighted by atomic mass is 16.1. The quantitative estimate of drug-likeness (QED) is 0.0398. The van der Waals surface area contributed by atoms with Crippen LogP contribution in [0.5, 0.6) is 0 Å². The van der Waals surface area contributed by atoms with Gasteiger partial charge in [-0.15, -0.1) is 0 Å². The van der Waals surface area contributed by atoms with Gasteiger partial charge in [-0.3, -0.25) is 4.79 Å². The minimum Gasteiger partial charge on any atom is -0.361 e. The van der Waals surface area contributed by atoms with Crippen LogP contribution in [0.15, 0.2) is 468 Å². The van der Waals surface area contributed by atoms with E-state index in [9.17, 15) is 4.79 Å². The van der Waals surface area contributed by atoms with Crippen molar-refractivity contribution in [2.24, 2.45) is 5.92 Å². The van der Waals surface area contributed by atoms with E-state index in [4.69, 9.17) is 0 Å². The van der Waals surface area contributed by atoms with Crippen molar-refractivity contribution >= 4 is 137 Å². The molecule has 0 radical (unpaired) electrons. The summed E-state index contributed by atoms with van der Waals surface area (Å²) in [6, 6.07) is 136. The highest BCUT2D eigenvalue weighted by Gasteiger charge is 2.37. The van der Waals surface area contributed by atoms with Gasteiger partial charge in [0.15, 0.2) is 5.78 Å². The molecular weight excluding hydrogens is 1810 g/mol. The maximum absolute atomic E-state index is 14.1. The Bertz CT molecular complexity index is 9300. The third-order valence-corrected chi connectivity index (χ3v) is 32.3. The molecule has 9 nitrogen and oxygen atoms in total. The molecule has 149 heavy (non-hydrogen) atoms. The highest BCUT2D eigenvalue weighted by Crippen LogP contribution is 2.52. The fourth-order valence-electron chi connectivity index (χ4n) is 24.8. The fourth-order valence-corrected chi connectivity index (χ4v) is 24.8. The Balaban J connectivity index is 0.0000000934. The van der Waals surface area contributed by atoms with E-state index in [0.717, 1.165) is 83.5 Å². The molecule has 30 rings (SSSR count). The van der Waals surface area contributed by atoms with Crippen LogP contribution in [0.3, 0.4) is 0 Å². The Morgan fingerprint density at radius 2 is 0.537 bits per heavy atom. The molecule has 0 saturated carbocycles. The fraction of sp³-hybridized carbons (Fsp3) is 0.121. The number of fused-ring (bicyclic) bond motifs is 15. The largest absolute Gasteiger partial charge is 0.361 e. The Morgan fingerprint density at radius 3 is 1.01 bits per heavy atom. The van der Waals surface area contributed by atoms with E-state index in [-0.39, 0.29) is 23.5 Å². The van der Waals surface area contributed by atoms with Crippen molar-refractivity contribution < 1.29 is 4.79 Å². The standard InChI is InChI=1S/C28H21N.C27H20N2O.C26H20N2.C22H23N.C19H17N.C18H15N/c1-3-11-21-19(8-1)10-7-14-24(21)28(25-17-16-20-9-2-4-12-22(20)25)26-18-29-27-15-6-5-13-23(26)27;30-27(23-16-29-25-12-6-4-10-20(23)25)26(21-14-13-17-7-1-2-8-18(17)21)22-15-28-24-11-5-3-9-19(22)24;1-2-8-18-17(7-1)13-14-21(18)26(22-15-27-24-11-5-3-9-19(22)24)23-16-28-25-12-6-4-10-20(23)25;1-3-15(2)22(19-13-12-16-8-4-5-9-17(16)19)20-14-23-21-11-7-6-10-18(20)21;1-13(15-11-10-14-6-2-3-7-16(14)15)18-12-20-19-9-5-4-8-17(18)19;1-2-6-16-13(5-1)9-10-14(16)11-15-12-19-18-8-4-3-7-17(15)18/h1-15,17-18,28-29H,16H2;1-12,14-16,26,28-29H,13H2;1-12,14-16,26-28H,13H2;4-11,13-15,22-23H,3,12H2,1-2H3;2-9,11-13,20H,10H2,1H3;1-8,10,12,19H,9,11H2. The summed E-state index contributed by atoms with van der Waals surface area (Å²) in [5.74, 6) is 1.65. The summed E-state index contributed by atoms with van der Waals surface area (Å²) in [5.41, 5.74) is 45.8. The minimum absolute atomic E-state index is 0.125. The average molecular weight is 1930 g/mol. The van der Waals surface area contributed by atoms with E-state index < -0.39 is 0 Å². The topological polar surface area (TPSA) is 143 Å². The SMILES string of the molecule is C1=C(C(c2c[nH]c3ccccc23)c2c[nH]c3ccccc23)c2ccccc2C1.C1=C(C(c2cccc3ccccc23)c2c[nH]c3ccccc23)c2ccccc2C1.C1=C(Cc2c[nH]c3ccccc23)c2ccccc2C1.CC(C1=CCc2ccccc21)c1c[nH]c2ccccc12.CCC(C)C(C1=CCc2ccccc21)c1c[nH]c2ccccc12.O=C(c1c[nH]c2ccccc12)C(C1=CCc2ccccc21)c1c[nH]c2ccccc12. The number of benzene rings is 16. The molecule has 0 bridgehead atoms. The first-order valence-corrected chi connectivity index (χ1v) is 52.8. The molecule has 6 aliphatic rings. The van der Waals surface area contributed by atoms with E-state index in [1.807, 2.05) is 48.8 Å². The third kappa shape index (κ3) is 17.6. The van der Waals surface area contributed by atoms with E-state index in [1.165, 1.54) is 216 Å². The van der Waals surface area contributed by atoms with Crippen LogP contribution >= 0.6 is 0 Å². The molecular formula is C140H116N8O. The molecule has 24 aromatic rings. The van der Waals surface area contributed by atoms with Crippen LogP contribution in [0.4, 0.5) is 0 Å². The summed E-state index contributed by atoms with van der Waals surface area (Å²) in [4.78, 5) is 41.4. The second-order valence-electron chi connectivity index (χ2n) is 40.5. The van der Waals surface area contributed by atoms with Crippen LogP contribution < -0.4 is 0 Å². The lowest BCUT2D eigenvalue weighted by atomic mass is 9.78. The molecule has 0 amide bonds. The van der Waals surface area contributed by atoms with Crippen LogP contribution in [-0.2, 0) is 44.9 Å². The lowest BCUT2D eigenvalue weighted by molar-refractivity contribution is 0.0981. The minimum atomic E-state index is -0.357. The summed E-state index contributed by atoms with van der Waals surface area (Å²) in [6.45, 7) is 6.99. The first-order chi connectivity index (χ1) is 73.7. The van der Waals surface area contributed by atoms with Crippen molar-refractivity contribution in [3.05, 3.63) is 585 Å². The zero-order chi connectivity index (χ0) is 99.8. The number of carbonyl (C=O) groups is 1. The predicted octanol–water partition coefficient (Wildman–Crippen LogP) is 35.0. The number of allylic oxidation sites excluding steroid dienone is 12. The van der Waals surface area contributed by atoms with Gasteiger partial charge in [0.05, 0.1) is 5.92 Å². The van der Waals surface area contributed by atoms with Gasteiger partial charge in [0.25, 0.3) is 0 Å². The van der Waals surface area contributed by atoms with Gasteiger partial charge in [0.1, 0.15) is 0 Å². The van der Waals surface area contributed by atoms with Gasteiger partial charge in [-0.2, -0.15) is 0 Å². The molecule has 722 valence electrons. The molecule has 5 atom stereocenters. The van der Waals surface area contributed by atoms with Crippen molar-refractivity contribution in [1.29, 1.82) is 0 Å². The Morgan fingerprint density at radius 1 is 0.242 bits per heavy atom. The van der Waals surface area contributed by atoms with Crippen LogP contribution in [0, 0.1) is 5.92 Å². The molecule has 8 N–H and O–H groups in total. The van der Waals surface area contributed by atoms with Gasteiger partial charge in [-0.25, -0.2) is 0 Å². The third-order valence-electron chi connectivity index (χ3n) is 32.3. The van der Waals surface area contributed by atoms with Gasteiger partial charge >= 0.3 is 0 Å². The number of para-hydroxylation sites is 8. The first kappa shape index (κ1) is 92.3. The second kappa shape index (κ2) is 40.7. The lowest BCUT2D eigenvalue weighted by Gasteiger charge is -2.25. The predicted molar refractivity (Wildman–Crippen MR) is 624 cm³/mol. The number of H-pyrrole nitrogens is 8. The molecule has 16 aromatic carbocycles. The Hall–Kier alpha value is -17.8. The van der Waals surface area contributed by atoms with Gasteiger partial charge < -0.3 is 39.9 Å². The molecule has 8 aromatic heterocycles. The van der Waals surface area contributed by atoms with Crippen molar-refractivity contribution in [2.45, 2.75) is 102 Å². The Labute approximate surface area is 868 Å². The Kier molecular flexibility index (Phi) is 25.2. The number of aromatic amines is 8. The second-order valence-corrected chi connectivity index (χ2v) is 40.5. The van der Waals surface area contributed by atoms with Gasteiger partial charge in [-0.1, -0.05) is 397 Å². The van der Waals surface area contributed by atoms with Crippen LogP contribution in [0.25, 0.3) is 131 Å². The zero-order valence-corrected chi connectivity index (χ0v) is 84.0. The van der Waals surface area contributed by atoms with E-state index in [2.05, 4.69) is 480 Å². The molecule has 0 aliphatic heterocycles. The molecule has 0 saturated heterocycles. The van der Waals surface area contributed by atoms with Crippen molar-refractivity contribution in [3.8, 4) is 0 Å². The van der Waals surface area contributed by atoms with E-state index >= 15 is 0 Å². The molecule has 9 heteroatoms. The van der Waals surface area contributed by atoms with Crippen LogP contribution in [0.2, 0.25) is 0 Å². The van der Waals surface area contributed by atoms with Crippen molar-refractivity contribution in [3.63, 3.8) is 0 Å². The van der Waals surface area contributed by atoms with E-state index in [1.54, 1.807) is 0 Å².